The van der Waals surface area contributed by atoms with Gasteiger partial charge in [-0.05, 0) is 60.7 Å². The lowest BCUT2D eigenvalue weighted by Crippen LogP contribution is -2.27. The highest BCUT2D eigenvalue weighted by molar-refractivity contribution is 6.01. The molecule has 1 aliphatic carbocycles. The van der Waals surface area contributed by atoms with Gasteiger partial charge in [-0.2, -0.15) is 0 Å². The Balaban J connectivity index is 1.63. The second kappa shape index (κ2) is 9.85. The summed E-state index contributed by atoms with van der Waals surface area (Å²) >= 11 is 0. The molecule has 0 amide bonds. The maximum atomic E-state index is 13.7. The van der Waals surface area contributed by atoms with E-state index in [1.165, 1.54) is 12.1 Å². The number of anilines is 2. The summed E-state index contributed by atoms with van der Waals surface area (Å²) in [6, 6.07) is 17.3. The minimum Gasteiger partial charge on any atom is -0.865 e. The van der Waals surface area contributed by atoms with Crippen LogP contribution < -0.4 is 25.2 Å². The van der Waals surface area contributed by atoms with Gasteiger partial charge in [0.25, 0.3) is 5.69 Å². The van der Waals surface area contributed by atoms with Gasteiger partial charge in [0.05, 0.1) is 36.1 Å². The Morgan fingerprint density at radius 2 is 1.76 bits per heavy atom. The van der Waals surface area contributed by atoms with E-state index in [0.29, 0.717) is 17.6 Å². The zero-order chi connectivity index (χ0) is 26.1. The molecule has 1 heterocycles. The summed E-state index contributed by atoms with van der Waals surface area (Å²) in [6.45, 7) is 1.88. The van der Waals surface area contributed by atoms with Crippen LogP contribution in [0.25, 0.3) is 0 Å². The number of ether oxygens (including phenoxy) is 2. The highest BCUT2D eigenvalue weighted by Gasteiger charge is 2.37. The standard InChI is InChI=1S/C28H27N3O6/c1-3-37-25-15-18(13-23(28(25)33)31(34)35)27-26-22(29-20-6-4-5-7-21(20)30-27)12-17(14-24(26)32)16-8-10-19(36-2)11-9-16/h4-11,13,15,17,27,29-30,33H,3,12,14H2,1-2H3/p-1/t17-,27+/m1/s1. The number of ketones is 1. The summed E-state index contributed by atoms with van der Waals surface area (Å²) in [5, 5.41) is 31.1. The molecule has 5 rings (SSSR count). The van der Waals surface area contributed by atoms with Gasteiger partial charge in [0, 0.05) is 29.5 Å². The molecule has 0 unspecified atom stereocenters. The summed E-state index contributed by atoms with van der Waals surface area (Å²) in [5.74, 6) is -0.281. The van der Waals surface area contributed by atoms with Crippen molar-refractivity contribution in [2.75, 3.05) is 24.4 Å². The van der Waals surface area contributed by atoms with E-state index in [2.05, 4.69) is 10.6 Å². The molecule has 2 N–H and O–H groups in total. The van der Waals surface area contributed by atoms with E-state index in [9.17, 15) is 20.0 Å². The number of allylic oxidation sites excluding steroid dienone is 1. The van der Waals surface area contributed by atoms with E-state index >= 15 is 0 Å². The number of nitrogens with one attached hydrogen (secondary N) is 2. The van der Waals surface area contributed by atoms with Gasteiger partial charge < -0.3 is 25.2 Å². The number of nitro benzene ring substituents is 1. The Morgan fingerprint density at radius 3 is 2.43 bits per heavy atom. The predicted octanol–water partition coefficient (Wildman–Crippen LogP) is 5.06. The van der Waals surface area contributed by atoms with Crippen molar-refractivity contribution in [1.82, 2.24) is 0 Å². The van der Waals surface area contributed by atoms with Crippen LogP contribution in [-0.4, -0.2) is 24.4 Å². The van der Waals surface area contributed by atoms with Crippen molar-refractivity contribution in [3.8, 4) is 17.2 Å². The number of hydrogen-bond donors (Lipinski definition) is 2. The number of rotatable bonds is 6. The lowest BCUT2D eigenvalue weighted by atomic mass is 9.78. The van der Waals surface area contributed by atoms with Gasteiger partial charge in [0.1, 0.15) is 11.5 Å². The van der Waals surface area contributed by atoms with Gasteiger partial charge in [-0.1, -0.05) is 24.3 Å². The van der Waals surface area contributed by atoms with Crippen molar-refractivity contribution in [3.63, 3.8) is 0 Å². The predicted molar refractivity (Wildman–Crippen MR) is 137 cm³/mol. The molecule has 9 heteroatoms. The molecule has 190 valence electrons. The van der Waals surface area contributed by atoms with Gasteiger partial charge in [0.2, 0.25) is 0 Å². The van der Waals surface area contributed by atoms with E-state index in [1.54, 1.807) is 14.0 Å². The number of para-hydroxylation sites is 2. The topological polar surface area (TPSA) is 126 Å². The summed E-state index contributed by atoms with van der Waals surface area (Å²) in [5.41, 5.74) is 3.62. The Labute approximate surface area is 213 Å². The molecule has 0 saturated heterocycles. The highest BCUT2D eigenvalue weighted by atomic mass is 16.6. The second-order valence-corrected chi connectivity index (χ2v) is 9.00. The lowest BCUT2D eigenvalue weighted by molar-refractivity contribution is -0.398. The van der Waals surface area contributed by atoms with Crippen LogP contribution in [0.2, 0.25) is 0 Å². The number of methoxy groups -OCH3 is 1. The van der Waals surface area contributed by atoms with Crippen LogP contribution in [0.3, 0.4) is 0 Å². The molecule has 0 radical (unpaired) electrons. The lowest BCUT2D eigenvalue weighted by Gasteiger charge is -2.30. The molecule has 2 atom stereocenters. The Morgan fingerprint density at radius 1 is 1.03 bits per heavy atom. The van der Waals surface area contributed by atoms with Crippen LogP contribution >= 0.6 is 0 Å². The van der Waals surface area contributed by atoms with Crippen molar-refractivity contribution >= 4 is 22.8 Å². The fourth-order valence-corrected chi connectivity index (χ4v) is 5.03. The zero-order valence-electron chi connectivity index (χ0n) is 20.4. The molecule has 2 aliphatic rings. The van der Waals surface area contributed by atoms with Crippen LogP contribution in [0.15, 0.2) is 71.9 Å². The van der Waals surface area contributed by atoms with Gasteiger partial charge in [-0.25, -0.2) is 0 Å². The van der Waals surface area contributed by atoms with Gasteiger partial charge in [-0.3, -0.25) is 14.9 Å². The Bertz CT molecular complexity index is 1400. The summed E-state index contributed by atoms with van der Waals surface area (Å²) in [4.78, 5) is 24.7. The van der Waals surface area contributed by atoms with E-state index in [-0.39, 0.29) is 30.5 Å². The summed E-state index contributed by atoms with van der Waals surface area (Å²) in [7, 11) is 1.61. The molecule has 3 aromatic carbocycles. The Hall–Kier alpha value is -4.53. The van der Waals surface area contributed by atoms with Crippen molar-refractivity contribution in [3.05, 3.63) is 93.2 Å². The summed E-state index contributed by atoms with van der Waals surface area (Å²) in [6.07, 6.45) is 0.849. The third kappa shape index (κ3) is 4.55. The number of carbonyl (C=O) groups is 1. The maximum Gasteiger partial charge on any atom is 0.265 e. The van der Waals surface area contributed by atoms with E-state index in [0.717, 1.165) is 28.4 Å². The molecule has 3 aromatic rings. The average Bonchev–Trinajstić information content (AvgIpc) is 3.07. The molecule has 1 aliphatic heterocycles. The van der Waals surface area contributed by atoms with Crippen molar-refractivity contribution < 1.29 is 24.3 Å². The second-order valence-electron chi connectivity index (χ2n) is 9.00. The number of nitrogens with zero attached hydrogens (tertiary/aromatic N) is 1. The maximum absolute atomic E-state index is 13.7. The first kappa shape index (κ1) is 24.2. The third-order valence-corrected chi connectivity index (χ3v) is 6.78. The fourth-order valence-electron chi connectivity index (χ4n) is 5.03. The SMILES string of the molecule is CCOc1cc([C@@H]2Nc3ccccc3NC3=C2C(=O)C[C@H](c2ccc(OC)cc2)C3)cc([N+](=O)[O-])c1[O-]. The first-order valence-corrected chi connectivity index (χ1v) is 12.0. The van der Waals surface area contributed by atoms with Gasteiger partial charge in [0.15, 0.2) is 5.78 Å². The number of carbonyl (C=O) groups excluding carboxylic acids is 1. The third-order valence-electron chi connectivity index (χ3n) is 6.78. The minimum atomic E-state index is -0.786. The fraction of sp³-hybridized carbons (Fsp3) is 0.250. The van der Waals surface area contributed by atoms with Crippen molar-refractivity contribution in [2.24, 2.45) is 0 Å². The molecule has 0 fully saturated rings. The summed E-state index contributed by atoms with van der Waals surface area (Å²) < 4.78 is 10.7. The normalized spacial score (nSPS) is 18.6. The number of benzene rings is 3. The van der Waals surface area contributed by atoms with Crippen LogP contribution in [0.4, 0.5) is 17.1 Å². The highest BCUT2D eigenvalue weighted by Crippen LogP contribution is 2.46. The molecular formula is C28H26N3O6-. The van der Waals surface area contributed by atoms with E-state index in [4.69, 9.17) is 9.47 Å². The molecule has 0 spiro atoms. The molecule has 9 nitrogen and oxygen atoms in total. The number of nitro groups is 1. The molecule has 0 aromatic heterocycles. The van der Waals surface area contributed by atoms with Gasteiger partial charge >= 0.3 is 0 Å². The smallest absolute Gasteiger partial charge is 0.265 e. The Kier molecular flexibility index (Phi) is 6.43. The van der Waals surface area contributed by atoms with Crippen LogP contribution in [-0.2, 0) is 4.79 Å². The van der Waals surface area contributed by atoms with Crippen molar-refractivity contribution in [1.29, 1.82) is 0 Å². The monoisotopic (exact) mass is 500 g/mol. The van der Waals surface area contributed by atoms with Crippen LogP contribution in [0, 0.1) is 10.1 Å². The number of hydrogen-bond acceptors (Lipinski definition) is 8. The first-order valence-electron chi connectivity index (χ1n) is 12.0. The number of Topliss-reactive ketones (excluding diaryl/α,β-unsaturated/α-hetero) is 1. The molecule has 0 bridgehead atoms. The average molecular weight is 501 g/mol. The molecular weight excluding hydrogens is 474 g/mol. The van der Waals surface area contributed by atoms with Crippen molar-refractivity contribution in [2.45, 2.75) is 31.7 Å². The zero-order valence-corrected chi connectivity index (χ0v) is 20.4. The minimum absolute atomic E-state index is 0.0482. The molecule has 37 heavy (non-hydrogen) atoms. The van der Waals surface area contributed by atoms with Crippen LogP contribution in [0.1, 0.15) is 42.9 Å². The van der Waals surface area contributed by atoms with Gasteiger partial charge in [-0.15, -0.1) is 0 Å². The van der Waals surface area contributed by atoms with Crippen LogP contribution in [0.5, 0.6) is 17.2 Å². The first-order chi connectivity index (χ1) is 17.9. The van der Waals surface area contributed by atoms with E-state index in [1.807, 2.05) is 48.5 Å². The largest absolute Gasteiger partial charge is 0.865 e. The number of fused-ring (bicyclic) bond motifs is 1. The molecule has 0 saturated carbocycles. The van der Waals surface area contributed by atoms with E-state index < -0.39 is 22.4 Å². The quantitative estimate of drug-likeness (QED) is 0.356.